The lowest BCUT2D eigenvalue weighted by molar-refractivity contribution is -0.137. The van der Waals surface area contributed by atoms with Crippen LogP contribution in [0.5, 0.6) is 5.75 Å². The van der Waals surface area contributed by atoms with E-state index in [1.165, 1.54) is 18.2 Å². The number of hydrogen-bond donors (Lipinski definition) is 2. The van der Waals surface area contributed by atoms with E-state index in [9.17, 15) is 23.1 Å². The topological polar surface area (TPSA) is 54.3 Å². The molecule has 7 heteroatoms. The van der Waals surface area contributed by atoms with Crippen molar-refractivity contribution in [2.24, 2.45) is 7.05 Å². The van der Waals surface area contributed by atoms with Gasteiger partial charge >= 0.3 is 6.18 Å². The van der Waals surface area contributed by atoms with Crippen LogP contribution in [-0.2, 0) is 19.8 Å². The Hall–Kier alpha value is -2.44. The normalized spacial score (nSPS) is 11.5. The van der Waals surface area contributed by atoms with E-state index in [1.807, 2.05) is 0 Å². The number of aromatic hydroxyl groups is 1. The second-order valence-corrected chi connectivity index (χ2v) is 4.93. The van der Waals surface area contributed by atoms with Crippen molar-refractivity contribution in [3.05, 3.63) is 57.5 Å². The van der Waals surface area contributed by atoms with E-state index in [2.05, 4.69) is 5.32 Å². The first kappa shape index (κ1) is 15.9. The zero-order chi connectivity index (χ0) is 16.5. The molecule has 0 saturated carbocycles. The van der Waals surface area contributed by atoms with Crippen LogP contribution in [0.2, 0.25) is 0 Å². The van der Waals surface area contributed by atoms with Crippen LogP contribution < -0.4 is 10.7 Å². The van der Waals surface area contributed by atoms with Crippen molar-refractivity contribution in [3.63, 3.8) is 0 Å². The molecule has 0 spiro atoms. The van der Waals surface area contributed by atoms with Gasteiger partial charge in [-0.2, -0.15) is 13.2 Å². The number of benzene rings is 1. The maximum Gasteiger partial charge on any atom is 0.416 e. The summed E-state index contributed by atoms with van der Waals surface area (Å²) in [4.78, 5) is 11.6. The molecule has 0 aliphatic rings. The van der Waals surface area contributed by atoms with Crippen molar-refractivity contribution < 1.29 is 18.3 Å². The number of aromatic nitrogens is 1. The fraction of sp³-hybridized carbons (Fsp3) is 0.267. The summed E-state index contributed by atoms with van der Waals surface area (Å²) in [5, 5.41) is 12.7. The van der Waals surface area contributed by atoms with Crippen molar-refractivity contribution in [1.82, 2.24) is 4.57 Å². The Morgan fingerprint density at radius 1 is 1.23 bits per heavy atom. The third kappa shape index (κ3) is 3.24. The van der Waals surface area contributed by atoms with Gasteiger partial charge < -0.3 is 15.0 Å². The number of hydrogen-bond acceptors (Lipinski definition) is 3. The molecule has 0 aliphatic heterocycles. The van der Waals surface area contributed by atoms with E-state index in [4.69, 9.17) is 0 Å². The molecule has 2 N–H and O–H groups in total. The summed E-state index contributed by atoms with van der Waals surface area (Å²) in [7, 11) is 1.69. The van der Waals surface area contributed by atoms with E-state index in [-0.39, 0.29) is 12.3 Å². The van der Waals surface area contributed by atoms with E-state index >= 15 is 0 Å². The summed E-state index contributed by atoms with van der Waals surface area (Å²) in [5.74, 6) is -0.368. The molecule has 0 unspecified atom stereocenters. The predicted molar refractivity (Wildman–Crippen MR) is 76.9 cm³/mol. The van der Waals surface area contributed by atoms with Crippen LogP contribution in [0.1, 0.15) is 17.0 Å². The van der Waals surface area contributed by atoms with Crippen molar-refractivity contribution in [3.8, 4) is 5.75 Å². The Morgan fingerprint density at radius 3 is 2.36 bits per heavy atom. The second-order valence-electron chi connectivity index (χ2n) is 4.93. The number of alkyl halides is 3. The molecule has 0 bridgehead atoms. The number of aryl methyl sites for hydroxylation is 1. The van der Waals surface area contributed by atoms with Crippen LogP contribution in [0.4, 0.5) is 18.9 Å². The van der Waals surface area contributed by atoms with E-state index in [0.29, 0.717) is 17.1 Å². The molecule has 2 rings (SSSR count). The third-order valence-corrected chi connectivity index (χ3v) is 3.45. The molecule has 4 nitrogen and oxygen atoms in total. The Morgan fingerprint density at radius 2 is 1.82 bits per heavy atom. The average Bonchev–Trinajstić information content (AvgIpc) is 2.45. The van der Waals surface area contributed by atoms with Gasteiger partial charge in [-0.25, -0.2) is 0 Å². The molecule has 22 heavy (non-hydrogen) atoms. The summed E-state index contributed by atoms with van der Waals surface area (Å²) >= 11 is 0. The second kappa shape index (κ2) is 5.75. The molecular weight excluding hydrogens is 297 g/mol. The highest BCUT2D eigenvalue weighted by molar-refractivity contribution is 5.46. The van der Waals surface area contributed by atoms with E-state index < -0.39 is 17.2 Å². The van der Waals surface area contributed by atoms with Crippen molar-refractivity contribution in [2.75, 3.05) is 5.32 Å². The molecule has 2 aromatic rings. The van der Waals surface area contributed by atoms with Crippen molar-refractivity contribution >= 4 is 5.69 Å². The van der Waals surface area contributed by atoms with Crippen LogP contribution >= 0.6 is 0 Å². The van der Waals surface area contributed by atoms with Gasteiger partial charge in [0.05, 0.1) is 17.8 Å². The van der Waals surface area contributed by atoms with Crippen LogP contribution in [0.15, 0.2) is 35.1 Å². The van der Waals surface area contributed by atoms with Gasteiger partial charge in [-0.3, -0.25) is 4.79 Å². The highest BCUT2D eigenvalue weighted by Gasteiger charge is 2.29. The highest BCUT2D eigenvalue weighted by atomic mass is 19.4. The van der Waals surface area contributed by atoms with Crippen LogP contribution in [0, 0.1) is 6.92 Å². The summed E-state index contributed by atoms with van der Waals surface area (Å²) in [6.07, 6.45) is -4.38. The van der Waals surface area contributed by atoms with Gasteiger partial charge in [-0.15, -0.1) is 0 Å². The minimum atomic E-state index is -4.38. The number of nitrogens with zero attached hydrogens (tertiary/aromatic N) is 1. The van der Waals surface area contributed by atoms with Crippen LogP contribution in [-0.4, -0.2) is 9.67 Å². The van der Waals surface area contributed by atoms with Gasteiger partial charge in [-0.1, -0.05) is 0 Å². The summed E-state index contributed by atoms with van der Waals surface area (Å²) in [6, 6.07) is 5.85. The molecule has 0 aliphatic carbocycles. The molecule has 1 aromatic carbocycles. The quantitative estimate of drug-likeness (QED) is 0.916. The lowest BCUT2D eigenvalue weighted by Gasteiger charge is -2.15. The predicted octanol–water partition coefficient (Wildman–Crippen LogP) is 3.03. The maximum atomic E-state index is 12.5. The number of pyridine rings is 1. The molecule has 0 saturated heterocycles. The first-order chi connectivity index (χ1) is 10.2. The lowest BCUT2D eigenvalue weighted by Crippen LogP contribution is -2.16. The number of nitrogens with one attached hydrogen (secondary N) is 1. The van der Waals surface area contributed by atoms with Gasteiger partial charge in [0.1, 0.15) is 0 Å². The first-order valence-corrected chi connectivity index (χ1v) is 6.49. The maximum absolute atomic E-state index is 12.5. The highest BCUT2D eigenvalue weighted by Crippen LogP contribution is 2.30. The Bertz CT molecular complexity index is 734. The third-order valence-electron chi connectivity index (χ3n) is 3.45. The molecule has 1 heterocycles. The van der Waals surface area contributed by atoms with Crippen molar-refractivity contribution in [2.45, 2.75) is 19.6 Å². The molecule has 0 amide bonds. The van der Waals surface area contributed by atoms with E-state index in [1.54, 1.807) is 18.5 Å². The number of rotatable bonds is 3. The molecule has 118 valence electrons. The zero-order valence-corrected chi connectivity index (χ0v) is 12.0. The molecule has 0 fully saturated rings. The largest absolute Gasteiger partial charge is 0.503 e. The summed E-state index contributed by atoms with van der Waals surface area (Å²) in [6.45, 7) is 1.84. The van der Waals surface area contributed by atoms with Gasteiger partial charge in [-0.05, 0) is 31.2 Å². The standard InChI is InChI=1S/C15H15F3N2O2/c1-9-7-13(21)14(22)12(20(9)2)8-19-11-5-3-10(4-6-11)15(16,17)18/h3-7,19,22H,8H2,1-2H3. The Labute approximate surface area is 124 Å². The van der Waals surface area contributed by atoms with Gasteiger partial charge in [0, 0.05) is 24.5 Å². The SMILES string of the molecule is Cc1cc(=O)c(O)c(CNc2ccc(C(F)(F)F)cc2)n1C. The lowest BCUT2D eigenvalue weighted by atomic mass is 10.2. The summed E-state index contributed by atoms with van der Waals surface area (Å²) < 4.78 is 39.1. The Balaban J connectivity index is 2.19. The smallest absolute Gasteiger partial charge is 0.416 e. The van der Waals surface area contributed by atoms with Crippen LogP contribution in [0.3, 0.4) is 0 Å². The fourth-order valence-electron chi connectivity index (χ4n) is 2.03. The fourth-order valence-corrected chi connectivity index (χ4v) is 2.03. The molecule has 1 aromatic heterocycles. The van der Waals surface area contributed by atoms with Gasteiger partial charge in [0.25, 0.3) is 0 Å². The molecule has 0 radical (unpaired) electrons. The van der Waals surface area contributed by atoms with E-state index in [0.717, 1.165) is 12.1 Å². The zero-order valence-electron chi connectivity index (χ0n) is 12.0. The summed E-state index contributed by atoms with van der Waals surface area (Å²) in [5.41, 5.74) is 0.280. The number of anilines is 1. The van der Waals surface area contributed by atoms with Crippen molar-refractivity contribution in [1.29, 1.82) is 0 Å². The minimum absolute atomic E-state index is 0.116. The van der Waals surface area contributed by atoms with Gasteiger partial charge in [0.2, 0.25) is 5.43 Å². The molecule has 0 atom stereocenters. The van der Waals surface area contributed by atoms with Crippen LogP contribution in [0.25, 0.3) is 0 Å². The monoisotopic (exact) mass is 312 g/mol. The number of halogens is 3. The minimum Gasteiger partial charge on any atom is -0.503 e. The Kier molecular flexibility index (Phi) is 4.16. The molecular formula is C15H15F3N2O2. The first-order valence-electron chi connectivity index (χ1n) is 6.49. The van der Waals surface area contributed by atoms with Gasteiger partial charge in [0.15, 0.2) is 5.75 Å². The average molecular weight is 312 g/mol.